The minimum Gasteiger partial charge on any atom is -0.362 e. The topological polar surface area (TPSA) is 24.1 Å². The van der Waals surface area contributed by atoms with Gasteiger partial charge in [0.25, 0.3) is 0 Å². The third-order valence-corrected chi connectivity index (χ3v) is 1.76. The summed E-state index contributed by atoms with van der Waals surface area (Å²) < 4.78 is 48.3. The molecule has 0 amide bonds. The summed E-state index contributed by atoms with van der Waals surface area (Å²) in [7, 11) is 0. The standard InChI is InChI=1S/C8H14F4N2S/c1-5(2)3-13-7(15)14-4-8(11,12)6(9)10/h5-6H,3-4H2,1-2H3,(H2,13,14,15). The number of rotatable bonds is 5. The van der Waals surface area contributed by atoms with Crippen molar-refractivity contribution in [1.29, 1.82) is 0 Å². The van der Waals surface area contributed by atoms with Crippen LogP contribution in [0.4, 0.5) is 17.6 Å². The first-order valence-corrected chi connectivity index (χ1v) is 4.84. The maximum absolute atomic E-state index is 12.4. The second-order valence-electron chi connectivity index (χ2n) is 3.52. The maximum Gasteiger partial charge on any atom is 0.324 e. The van der Waals surface area contributed by atoms with Crippen molar-refractivity contribution < 1.29 is 17.6 Å². The summed E-state index contributed by atoms with van der Waals surface area (Å²) >= 11 is 4.63. The van der Waals surface area contributed by atoms with Crippen molar-refractivity contribution in [3.63, 3.8) is 0 Å². The Morgan fingerprint density at radius 3 is 2.20 bits per heavy atom. The second kappa shape index (κ2) is 6.09. The normalized spacial score (nSPS) is 12.0. The average Bonchev–Trinajstić information content (AvgIpc) is 2.11. The molecule has 90 valence electrons. The Balaban J connectivity index is 3.80. The van der Waals surface area contributed by atoms with Gasteiger partial charge < -0.3 is 10.6 Å². The molecule has 15 heavy (non-hydrogen) atoms. The highest BCUT2D eigenvalue weighted by atomic mass is 32.1. The Bertz CT molecular complexity index is 209. The summed E-state index contributed by atoms with van der Waals surface area (Å²) in [4.78, 5) is 0. The van der Waals surface area contributed by atoms with E-state index in [1.807, 2.05) is 19.2 Å². The largest absolute Gasteiger partial charge is 0.362 e. The van der Waals surface area contributed by atoms with Crippen molar-refractivity contribution in [1.82, 2.24) is 10.6 Å². The molecule has 0 aliphatic rings. The van der Waals surface area contributed by atoms with Crippen LogP contribution in [0.15, 0.2) is 0 Å². The van der Waals surface area contributed by atoms with Crippen LogP contribution in [0.3, 0.4) is 0 Å². The van der Waals surface area contributed by atoms with Gasteiger partial charge in [-0.15, -0.1) is 0 Å². The van der Waals surface area contributed by atoms with Gasteiger partial charge in [0.2, 0.25) is 0 Å². The Kier molecular flexibility index (Phi) is 5.85. The first-order valence-electron chi connectivity index (χ1n) is 4.43. The fraction of sp³-hybridized carbons (Fsp3) is 0.875. The van der Waals surface area contributed by atoms with Crippen molar-refractivity contribution in [2.75, 3.05) is 13.1 Å². The van der Waals surface area contributed by atoms with Gasteiger partial charge in [0.15, 0.2) is 5.11 Å². The third kappa shape index (κ3) is 6.48. The molecule has 0 saturated carbocycles. The molecule has 0 unspecified atom stereocenters. The van der Waals surface area contributed by atoms with E-state index in [1.165, 1.54) is 0 Å². The predicted molar refractivity (Wildman–Crippen MR) is 54.4 cm³/mol. The molecule has 0 spiro atoms. The molecule has 0 fully saturated rings. The molecule has 2 N–H and O–H groups in total. The van der Waals surface area contributed by atoms with Gasteiger partial charge in [-0.3, -0.25) is 0 Å². The monoisotopic (exact) mass is 246 g/mol. The predicted octanol–water partition coefficient (Wildman–Crippen LogP) is 2.01. The lowest BCUT2D eigenvalue weighted by atomic mass is 10.2. The van der Waals surface area contributed by atoms with Gasteiger partial charge >= 0.3 is 12.3 Å². The zero-order valence-corrected chi connectivity index (χ0v) is 9.31. The van der Waals surface area contributed by atoms with Crippen LogP contribution in [0.2, 0.25) is 0 Å². The van der Waals surface area contributed by atoms with E-state index < -0.39 is 18.9 Å². The first-order chi connectivity index (χ1) is 6.75. The molecule has 0 radical (unpaired) electrons. The van der Waals surface area contributed by atoms with E-state index >= 15 is 0 Å². The molecule has 0 heterocycles. The van der Waals surface area contributed by atoms with Crippen LogP contribution in [0.1, 0.15) is 13.8 Å². The fourth-order valence-electron chi connectivity index (χ4n) is 0.635. The van der Waals surface area contributed by atoms with Gasteiger partial charge in [-0.05, 0) is 18.1 Å². The van der Waals surface area contributed by atoms with Crippen molar-refractivity contribution in [3.8, 4) is 0 Å². The number of nitrogens with one attached hydrogen (secondary N) is 2. The number of hydrogen-bond acceptors (Lipinski definition) is 1. The highest BCUT2D eigenvalue weighted by Gasteiger charge is 2.40. The van der Waals surface area contributed by atoms with E-state index in [1.54, 1.807) is 0 Å². The molecular weight excluding hydrogens is 232 g/mol. The van der Waals surface area contributed by atoms with Crippen LogP contribution in [0, 0.1) is 5.92 Å². The quantitative estimate of drug-likeness (QED) is 0.573. The van der Waals surface area contributed by atoms with E-state index in [9.17, 15) is 17.6 Å². The van der Waals surface area contributed by atoms with Gasteiger partial charge in [-0.2, -0.15) is 8.78 Å². The molecule has 0 atom stereocenters. The number of alkyl halides is 4. The molecule has 0 aliphatic carbocycles. The maximum atomic E-state index is 12.4. The highest BCUT2D eigenvalue weighted by Crippen LogP contribution is 2.21. The molecular formula is C8H14F4N2S. The van der Waals surface area contributed by atoms with E-state index in [0.717, 1.165) is 0 Å². The van der Waals surface area contributed by atoms with Crippen LogP contribution in [-0.4, -0.2) is 30.5 Å². The minimum atomic E-state index is -4.05. The van der Waals surface area contributed by atoms with E-state index in [2.05, 4.69) is 17.5 Å². The zero-order valence-electron chi connectivity index (χ0n) is 8.49. The van der Waals surface area contributed by atoms with E-state index in [0.29, 0.717) is 12.5 Å². The van der Waals surface area contributed by atoms with Gasteiger partial charge in [0.05, 0.1) is 6.54 Å². The lowest BCUT2D eigenvalue weighted by Crippen LogP contribution is -2.45. The highest BCUT2D eigenvalue weighted by molar-refractivity contribution is 7.80. The Labute approximate surface area is 91.4 Å². The molecule has 2 nitrogen and oxygen atoms in total. The third-order valence-electron chi connectivity index (χ3n) is 1.47. The lowest BCUT2D eigenvalue weighted by molar-refractivity contribution is -0.122. The van der Waals surface area contributed by atoms with Crippen LogP contribution in [0.25, 0.3) is 0 Å². The molecule has 0 aliphatic heterocycles. The average molecular weight is 246 g/mol. The molecule has 0 saturated heterocycles. The number of halogens is 4. The Morgan fingerprint density at radius 2 is 1.80 bits per heavy atom. The van der Waals surface area contributed by atoms with Crippen molar-refractivity contribution in [2.24, 2.45) is 5.92 Å². The summed E-state index contributed by atoms with van der Waals surface area (Å²) in [5.74, 6) is -3.76. The Hall–Kier alpha value is -0.590. The van der Waals surface area contributed by atoms with Crippen molar-refractivity contribution in [3.05, 3.63) is 0 Å². The van der Waals surface area contributed by atoms with Crippen molar-refractivity contribution >= 4 is 17.3 Å². The van der Waals surface area contributed by atoms with Crippen LogP contribution < -0.4 is 10.6 Å². The summed E-state index contributed by atoms with van der Waals surface area (Å²) in [6, 6.07) is 0. The van der Waals surface area contributed by atoms with Crippen LogP contribution in [-0.2, 0) is 0 Å². The lowest BCUT2D eigenvalue weighted by Gasteiger charge is -2.18. The molecule has 0 bridgehead atoms. The van der Waals surface area contributed by atoms with Crippen LogP contribution >= 0.6 is 12.2 Å². The molecule has 0 aromatic heterocycles. The molecule has 0 aromatic rings. The summed E-state index contributed by atoms with van der Waals surface area (Å²) in [5.41, 5.74) is 0. The van der Waals surface area contributed by atoms with Gasteiger partial charge in [0, 0.05) is 6.54 Å². The molecule has 7 heteroatoms. The van der Waals surface area contributed by atoms with E-state index in [4.69, 9.17) is 0 Å². The zero-order chi connectivity index (χ0) is 12.1. The fourth-order valence-corrected chi connectivity index (χ4v) is 0.790. The smallest absolute Gasteiger partial charge is 0.324 e. The summed E-state index contributed by atoms with van der Waals surface area (Å²) in [6.45, 7) is 3.16. The number of thiocarbonyl (C=S) groups is 1. The van der Waals surface area contributed by atoms with Gasteiger partial charge in [0.1, 0.15) is 0 Å². The minimum absolute atomic E-state index is 0.0379. The number of hydrogen-bond donors (Lipinski definition) is 2. The second-order valence-corrected chi connectivity index (χ2v) is 3.93. The van der Waals surface area contributed by atoms with Crippen LogP contribution in [0.5, 0.6) is 0 Å². The molecule has 0 aromatic carbocycles. The van der Waals surface area contributed by atoms with Gasteiger partial charge in [-0.25, -0.2) is 8.78 Å². The summed E-state index contributed by atoms with van der Waals surface area (Å²) in [6.07, 6.45) is -3.68. The Morgan fingerprint density at radius 1 is 1.27 bits per heavy atom. The summed E-state index contributed by atoms with van der Waals surface area (Å²) in [5, 5.41) is 4.65. The first kappa shape index (κ1) is 14.4. The SMILES string of the molecule is CC(C)CNC(=S)NCC(F)(F)C(F)F. The van der Waals surface area contributed by atoms with E-state index in [-0.39, 0.29) is 5.11 Å². The van der Waals surface area contributed by atoms with Crippen molar-refractivity contribution in [2.45, 2.75) is 26.2 Å². The van der Waals surface area contributed by atoms with Gasteiger partial charge in [-0.1, -0.05) is 13.8 Å². The molecule has 0 rings (SSSR count).